The number of rotatable bonds is 7. The third-order valence-corrected chi connectivity index (χ3v) is 3.07. The second-order valence-corrected chi connectivity index (χ2v) is 4.81. The predicted octanol–water partition coefficient (Wildman–Crippen LogP) is 0.458. The first kappa shape index (κ1) is 16.0. The largest absolute Gasteiger partial charge is 0.480 e. The van der Waals surface area contributed by atoms with Crippen LogP contribution in [0.25, 0.3) is 0 Å². The molecule has 0 saturated heterocycles. The zero-order valence-electron chi connectivity index (χ0n) is 11.4. The second-order valence-electron chi connectivity index (χ2n) is 4.81. The molecule has 1 rings (SSSR count). The van der Waals surface area contributed by atoms with Gasteiger partial charge in [-0.05, 0) is 32.1 Å². The number of hydrogen-bond acceptors (Lipinski definition) is 3. The molecule has 0 atom stereocenters. The van der Waals surface area contributed by atoms with Crippen molar-refractivity contribution in [3.8, 4) is 0 Å². The number of carboxylic acid groups (broad SMARTS) is 1. The molecule has 3 amide bonds. The Kier molecular flexibility index (Phi) is 6.55. The molecular weight excluding hydrogens is 262 g/mol. The summed E-state index contributed by atoms with van der Waals surface area (Å²) in [6.45, 7) is -0.516. The Morgan fingerprint density at radius 1 is 1.30 bits per heavy atom. The topological polar surface area (TPSA) is 113 Å². The van der Waals surface area contributed by atoms with Crippen LogP contribution >= 0.6 is 0 Å². The first-order valence-electron chi connectivity index (χ1n) is 6.70. The molecule has 0 aliphatic heterocycles. The van der Waals surface area contributed by atoms with E-state index in [9.17, 15) is 14.4 Å². The lowest BCUT2D eigenvalue weighted by Crippen LogP contribution is -2.46. The van der Waals surface area contributed by atoms with Crippen LogP contribution in [0.2, 0.25) is 0 Å². The van der Waals surface area contributed by atoms with E-state index in [2.05, 4.69) is 11.4 Å². The Bertz CT molecular complexity index is 390. The third-order valence-electron chi connectivity index (χ3n) is 3.07. The molecular formula is C13H21N3O4. The van der Waals surface area contributed by atoms with Gasteiger partial charge in [0.15, 0.2) is 0 Å². The molecule has 0 aromatic heterocycles. The van der Waals surface area contributed by atoms with E-state index in [0.717, 1.165) is 24.2 Å². The Morgan fingerprint density at radius 2 is 2.05 bits per heavy atom. The Morgan fingerprint density at radius 3 is 2.60 bits per heavy atom. The summed E-state index contributed by atoms with van der Waals surface area (Å²) in [5, 5.41) is 11.3. The SMILES string of the molecule is NC(=O)CN(CC(=O)O)C(=O)NCCC1=CCCCC1. The average molecular weight is 283 g/mol. The quantitative estimate of drug-likeness (QED) is 0.589. The van der Waals surface area contributed by atoms with Gasteiger partial charge in [-0.1, -0.05) is 11.6 Å². The van der Waals surface area contributed by atoms with Crippen molar-refractivity contribution in [3.63, 3.8) is 0 Å². The van der Waals surface area contributed by atoms with Gasteiger partial charge in [-0.15, -0.1) is 0 Å². The van der Waals surface area contributed by atoms with Gasteiger partial charge in [0.25, 0.3) is 0 Å². The maximum Gasteiger partial charge on any atom is 0.323 e. The second kappa shape index (κ2) is 8.19. The fourth-order valence-corrected chi connectivity index (χ4v) is 2.12. The number of carbonyl (C=O) groups is 3. The lowest BCUT2D eigenvalue weighted by atomic mass is 9.97. The fraction of sp³-hybridized carbons (Fsp3) is 0.615. The average Bonchev–Trinajstić information content (AvgIpc) is 2.38. The first-order chi connectivity index (χ1) is 9.49. The number of nitrogens with zero attached hydrogens (tertiary/aromatic N) is 1. The molecule has 4 N–H and O–H groups in total. The van der Waals surface area contributed by atoms with E-state index in [0.29, 0.717) is 6.54 Å². The molecule has 0 aromatic rings. The van der Waals surface area contributed by atoms with E-state index in [1.165, 1.54) is 18.4 Å². The minimum Gasteiger partial charge on any atom is -0.480 e. The number of aliphatic carboxylic acids is 1. The van der Waals surface area contributed by atoms with Crippen LogP contribution in [0.3, 0.4) is 0 Å². The molecule has 20 heavy (non-hydrogen) atoms. The van der Waals surface area contributed by atoms with Gasteiger partial charge in [0.1, 0.15) is 13.1 Å². The van der Waals surface area contributed by atoms with Crippen molar-refractivity contribution < 1.29 is 19.5 Å². The Labute approximate surface area is 117 Å². The molecule has 0 radical (unpaired) electrons. The number of primary amides is 1. The molecule has 0 bridgehead atoms. The maximum absolute atomic E-state index is 11.8. The van der Waals surface area contributed by atoms with Gasteiger partial charge in [0, 0.05) is 6.54 Å². The van der Waals surface area contributed by atoms with Crippen molar-refractivity contribution in [3.05, 3.63) is 11.6 Å². The molecule has 0 saturated carbocycles. The summed E-state index contributed by atoms with van der Waals surface area (Å²) in [5.41, 5.74) is 6.31. The fourth-order valence-electron chi connectivity index (χ4n) is 2.12. The molecule has 0 spiro atoms. The summed E-state index contributed by atoms with van der Waals surface area (Å²) in [6.07, 6.45) is 7.46. The van der Waals surface area contributed by atoms with Crippen LogP contribution in [-0.2, 0) is 9.59 Å². The number of allylic oxidation sites excluding steroid dienone is 1. The van der Waals surface area contributed by atoms with Crippen molar-refractivity contribution in [2.45, 2.75) is 32.1 Å². The van der Waals surface area contributed by atoms with Gasteiger partial charge in [-0.25, -0.2) is 4.79 Å². The highest BCUT2D eigenvalue weighted by atomic mass is 16.4. The summed E-state index contributed by atoms with van der Waals surface area (Å²) in [6, 6.07) is -0.581. The number of nitrogens with one attached hydrogen (secondary N) is 1. The zero-order valence-corrected chi connectivity index (χ0v) is 11.4. The standard InChI is InChI=1S/C13H21N3O4/c14-11(17)8-16(9-12(18)19)13(20)15-7-6-10-4-2-1-3-5-10/h4H,1-3,5-9H2,(H2,14,17)(H,15,20)(H,18,19). The van der Waals surface area contributed by atoms with E-state index >= 15 is 0 Å². The van der Waals surface area contributed by atoms with Crippen LogP contribution in [0.15, 0.2) is 11.6 Å². The Balaban J connectivity index is 2.38. The maximum atomic E-state index is 11.8. The molecule has 0 heterocycles. The van der Waals surface area contributed by atoms with Crippen molar-refractivity contribution in [2.24, 2.45) is 5.73 Å². The zero-order chi connectivity index (χ0) is 15.0. The van der Waals surface area contributed by atoms with Gasteiger partial charge in [-0.3, -0.25) is 9.59 Å². The first-order valence-corrected chi connectivity index (χ1v) is 6.70. The van der Waals surface area contributed by atoms with Crippen LogP contribution < -0.4 is 11.1 Å². The number of nitrogens with two attached hydrogens (primary N) is 1. The van der Waals surface area contributed by atoms with Gasteiger partial charge in [0.05, 0.1) is 0 Å². The highest BCUT2D eigenvalue weighted by Crippen LogP contribution is 2.19. The van der Waals surface area contributed by atoms with Gasteiger partial charge >= 0.3 is 12.0 Å². The molecule has 1 aliphatic rings. The van der Waals surface area contributed by atoms with E-state index in [1.54, 1.807) is 0 Å². The van der Waals surface area contributed by atoms with Crippen molar-refractivity contribution in [1.29, 1.82) is 0 Å². The van der Waals surface area contributed by atoms with Crippen LogP contribution in [0.1, 0.15) is 32.1 Å². The van der Waals surface area contributed by atoms with Crippen molar-refractivity contribution >= 4 is 17.9 Å². The molecule has 0 unspecified atom stereocenters. The minimum atomic E-state index is -1.18. The number of urea groups is 1. The highest BCUT2D eigenvalue weighted by molar-refractivity contribution is 5.85. The molecule has 7 heteroatoms. The number of carbonyl (C=O) groups excluding carboxylic acids is 2. The van der Waals surface area contributed by atoms with Crippen molar-refractivity contribution in [2.75, 3.05) is 19.6 Å². The molecule has 7 nitrogen and oxygen atoms in total. The van der Waals surface area contributed by atoms with E-state index in [4.69, 9.17) is 10.8 Å². The monoisotopic (exact) mass is 283 g/mol. The van der Waals surface area contributed by atoms with Gasteiger partial charge < -0.3 is 21.1 Å². The summed E-state index contributed by atoms with van der Waals surface area (Å²) in [7, 11) is 0. The normalized spacial score (nSPS) is 14.3. The smallest absolute Gasteiger partial charge is 0.323 e. The lowest BCUT2D eigenvalue weighted by molar-refractivity contribution is -0.137. The summed E-state index contributed by atoms with van der Waals surface area (Å²) in [5.74, 6) is -1.92. The summed E-state index contributed by atoms with van der Waals surface area (Å²) >= 11 is 0. The Hall–Kier alpha value is -2.05. The van der Waals surface area contributed by atoms with Gasteiger partial charge in [-0.2, -0.15) is 0 Å². The summed E-state index contributed by atoms with van der Waals surface area (Å²) in [4.78, 5) is 34.1. The number of hydrogen-bond donors (Lipinski definition) is 3. The number of amides is 3. The van der Waals surface area contributed by atoms with Crippen LogP contribution in [0.4, 0.5) is 4.79 Å². The molecule has 1 aliphatic carbocycles. The lowest BCUT2D eigenvalue weighted by Gasteiger charge is -2.20. The highest BCUT2D eigenvalue weighted by Gasteiger charge is 2.18. The third kappa shape index (κ3) is 6.21. The van der Waals surface area contributed by atoms with Crippen molar-refractivity contribution in [1.82, 2.24) is 10.2 Å². The van der Waals surface area contributed by atoms with Crippen LogP contribution in [0.5, 0.6) is 0 Å². The predicted molar refractivity (Wildman–Crippen MR) is 73.0 cm³/mol. The molecule has 0 aromatic carbocycles. The van der Waals surface area contributed by atoms with E-state index in [-0.39, 0.29) is 0 Å². The number of carboxylic acids is 1. The minimum absolute atomic E-state index is 0.402. The molecule has 0 fully saturated rings. The van der Waals surface area contributed by atoms with E-state index < -0.39 is 31.0 Å². The molecule has 112 valence electrons. The van der Waals surface area contributed by atoms with Crippen LogP contribution in [-0.4, -0.2) is 47.5 Å². The van der Waals surface area contributed by atoms with Gasteiger partial charge in [0.2, 0.25) is 5.91 Å². The summed E-state index contributed by atoms with van der Waals surface area (Å²) < 4.78 is 0. The van der Waals surface area contributed by atoms with Crippen LogP contribution in [0, 0.1) is 0 Å². The van der Waals surface area contributed by atoms with E-state index in [1.807, 2.05) is 0 Å².